The van der Waals surface area contributed by atoms with E-state index in [0.717, 1.165) is 36.8 Å². The molecule has 2 heterocycles. The van der Waals surface area contributed by atoms with Crippen LogP contribution < -0.4 is 20.7 Å². The summed E-state index contributed by atoms with van der Waals surface area (Å²) < 4.78 is 10.7. The summed E-state index contributed by atoms with van der Waals surface area (Å²) in [5, 5.41) is 3.52. The zero-order chi connectivity index (χ0) is 19.2. The van der Waals surface area contributed by atoms with Crippen LogP contribution >= 0.6 is 35.6 Å². The first-order valence-corrected chi connectivity index (χ1v) is 9.15. The monoisotopic (exact) mass is 517 g/mol. The first kappa shape index (κ1) is 22.5. The van der Waals surface area contributed by atoms with E-state index in [0.29, 0.717) is 23.3 Å². The van der Waals surface area contributed by atoms with Gasteiger partial charge in [-0.25, -0.2) is 9.98 Å². The van der Waals surface area contributed by atoms with Gasteiger partial charge in [0.1, 0.15) is 11.6 Å². The van der Waals surface area contributed by atoms with Crippen molar-refractivity contribution in [3.63, 3.8) is 0 Å². The normalized spacial score (nSPS) is 17.0. The minimum absolute atomic E-state index is 0. The van der Waals surface area contributed by atoms with E-state index in [1.54, 1.807) is 19.2 Å². The standard InChI is InChI=1S/C19H24ClN5O2.HI/c1-13-12-25(7-8-27-13)18-6-3-14(10-22-18)11-23-19(21)24-15-4-5-17(26-2)16(20)9-15;/h3-6,9-10,13H,7-8,11-12H2,1-2H3,(H3,21,23,24);1H. The highest BCUT2D eigenvalue weighted by atomic mass is 127. The Morgan fingerprint density at radius 3 is 2.89 bits per heavy atom. The van der Waals surface area contributed by atoms with Crippen LogP contribution in [0.15, 0.2) is 41.5 Å². The summed E-state index contributed by atoms with van der Waals surface area (Å²) in [6, 6.07) is 9.36. The number of hydrogen-bond donors (Lipinski definition) is 2. The third-order valence-corrected chi connectivity index (χ3v) is 4.53. The number of nitrogens with one attached hydrogen (secondary N) is 1. The molecule has 7 nitrogen and oxygen atoms in total. The lowest BCUT2D eigenvalue weighted by Crippen LogP contribution is -2.41. The summed E-state index contributed by atoms with van der Waals surface area (Å²) in [5.41, 5.74) is 7.69. The van der Waals surface area contributed by atoms with E-state index in [1.165, 1.54) is 0 Å². The SMILES string of the molecule is COc1ccc(NC(N)=NCc2ccc(N3CCOC(C)C3)nc2)cc1Cl.I. The second-order valence-electron chi connectivity index (χ2n) is 6.33. The maximum absolute atomic E-state index is 6.11. The Morgan fingerprint density at radius 2 is 2.25 bits per heavy atom. The molecule has 152 valence electrons. The van der Waals surface area contributed by atoms with Crippen molar-refractivity contribution in [1.29, 1.82) is 0 Å². The smallest absolute Gasteiger partial charge is 0.193 e. The quantitative estimate of drug-likeness (QED) is 0.359. The number of halogens is 2. The lowest BCUT2D eigenvalue weighted by Gasteiger charge is -2.32. The first-order chi connectivity index (χ1) is 13.0. The number of nitrogens with two attached hydrogens (primary N) is 1. The summed E-state index contributed by atoms with van der Waals surface area (Å²) >= 11 is 6.11. The molecule has 1 unspecified atom stereocenters. The van der Waals surface area contributed by atoms with Gasteiger partial charge in [0.15, 0.2) is 5.96 Å². The molecule has 1 aliphatic heterocycles. The molecule has 28 heavy (non-hydrogen) atoms. The molecule has 0 radical (unpaired) electrons. The van der Waals surface area contributed by atoms with Gasteiger partial charge in [-0.2, -0.15) is 0 Å². The number of pyridine rings is 1. The highest BCUT2D eigenvalue weighted by molar-refractivity contribution is 14.0. The number of rotatable bonds is 5. The molecule has 1 aromatic carbocycles. The summed E-state index contributed by atoms with van der Waals surface area (Å²) in [6.07, 6.45) is 2.05. The molecule has 0 bridgehead atoms. The van der Waals surface area contributed by atoms with Crippen molar-refractivity contribution < 1.29 is 9.47 Å². The number of aliphatic imine (C=N–C) groups is 1. The van der Waals surface area contributed by atoms with Crippen LogP contribution in [-0.4, -0.2) is 43.9 Å². The maximum Gasteiger partial charge on any atom is 0.193 e. The second-order valence-corrected chi connectivity index (χ2v) is 6.74. The molecule has 0 aliphatic carbocycles. The summed E-state index contributed by atoms with van der Waals surface area (Å²) in [5.74, 6) is 1.87. The van der Waals surface area contributed by atoms with Crippen LogP contribution in [0.1, 0.15) is 12.5 Å². The van der Waals surface area contributed by atoms with Crippen LogP contribution in [0.4, 0.5) is 11.5 Å². The van der Waals surface area contributed by atoms with Crippen LogP contribution in [0.5, 0.6) is 5.75 Å². The average Bonchev–Trinajstić information content (AvgIpc) is 2.67. The lowest BCUT2D eigenvalue weighted by molar-refractivity contribution is 0.0529. The fourth-order valence-electron chi connectivity index (χ4n) is 2.83. The number of benzene rings is 1. The maximum atomic E-state index is 6.11. The molecule has 3 rings (SSSR count). The van der Waals surface area contributed by atoms with E-state index in [1.807, 2.05) is 24.4 Å². The van der Waals surface area contributed by atoms with Gasteiger partial charge in [0, 0.05) is 25.0 Å². The Bertz CT molecular complexity index is 803. The first-order valence-electron chi connectivity index (χ1n) is 8.77. The number of anilines is 2. The van der Waals surface area contributed by atoms with E-state index in [2.05, 4.69) is 27.1 Å². The van der Waals surface area contributed by atoms with Gasteiger partial charge >= 0.3 is 0 Å². The molecular formula is C19H25ClIN5O2. The van der Waals surface area contributed by atoms with Crippen LogP contribution in [0.25, 0.3) is 0 Å². The molecular weight excluding hydrogens is 493 g/mol. The Balaban J connectivity index is 0.00000280. The van der Waals surface area contributed by atoms with Crippen molar-refractivity contribution in [2.45, 2.75) is 19.6 Å². The summed E-state index contributed by atoms with van der Waals surface area (Å²) in [4.78, 5) is 11.1. The van der Waals surface area contributed by atoms with E-state index in [4.69, 9.17) is 26.8 Å². The predicted octanol–water partition coefficient (Wildman–Crippen LogP) is 3.51. The van der Waals surface area contributed by atoms with Gasteiger partial charge in [-0.1, -0.05) is 17.7 Å². The van der Waals surface area contributed by atoms with Crippen molar-refractivity contribution in [2.75, 3.05) is 37.0 Å². The molecule has 1 saturated heterocycles. The zero-order valence-corrected chi connectivity index (χ0v) is 19.0. The third-order valence-electron chi connectivity index (χ3n) is 4.23. The molecule has 1 aliphatic rings. The van der Waals surface area contributed by atoms with Gasteiger partial charge in [-0.05, 0) is 36.8 Å². The third kappa shape index (κ3) is 6.11. The number of guanidine groups is 1. The van der Waals surface area contributed by atoms with Gasteiger partial charge in [-0.3, -0.25) is 0 Å². The van der Waals surface area contributed by atoms with Crippen LogP contribution in [-0.2, 0) is 11.3 Å². The number of morpholine rings is 1. The average molecular weight is 518 g/mol. The van der Waals surface area contributed by atoms with E-state index in [-0.39, 0.29) is 30.1 Å². The summed E-state index contributed by atoms with van der Waals surface area (Å²) in [6.45, 7) is 4.95. The number of hydrogen-bond acceptors (Lipinski definition) is 5. The van der Waals surface area contributed by atoms with Crippen molar-refractivity contribution in [3.05, 3.63) is 47.1 Å². The molecule has 1 atom stereocenters. The minimum atomic E-state index is 0. The van der Waals surface area contributed by atoms with Gasteiger partial charge in [0.25, 0.3) is 0 Å². The Labute approximate surface area is 187 Å². The Hall–Kier alpha value is -1.78. The van der Waals surface area contributed by atoms with E-state index >= 15 is 0 Å². The van der Waals surface area contributed by atoms with Gasteiger partial charge in [0.2, 0.25) is 0 Å². The van der Waals surface area contributed by atoms with Crippen molar-refractivity contribution >= 4 is 53.0 Å². The fourth-order valence-corrected chi connectivity index (χ4v) is 3.09. The lowest BCUT2D eigenvalue weighted by atomic mass is 10.2. The zero-order valence-electron chi connectivity index (χ0n) is 15.9. The largest absolute Gasteiger partial charge is 0.495 e. The van der Waals surface area contributed by atoms with Gasteiger partial charge < -0.3 is 25.4 Å². The number of aromatic nitrogens is 1. The van der Waals surface area contributed by atoms with Crippen molar-refractivity contribution in [3.8, 4) is 5.75 Å². The van der Waals surface area contributed by atoms with Crippen molar-refractivity contribution in [1.82, 2.24) is 4.98 Å². The second kappa shape index (κ2) is 10.7. The molecule has 0 amide bonds. The topological polar surface area (TPSA) is 85.0 Å². The Morgan fingerprint density at radius 1 is 1.43 bits per heavy atom. The van der Waals surface area contributed by atoms with Crippen molar-refractivity contribution in [2.24, 2.45) is 10.7 Å². The Kier molecular flexibility index (Phi) is 8.58. The highest BCUT2D eigenvalue weighted by Gasteiger charge is 2.17. The summed E-state index contributed by atoms with van der Waals surface area (Å²) in [7, 11) is 1.57. The molecule has 1 fully saturated rings. The van der Waals surface area contributed by atoms with Gasteiger partial charge in [-0.15, -0.1) is 24.0 Å². The molecule has 0 spiro atoms. The number of ether oxygens (including phenoxy) is 2. The molecule has 9 heteroatoms. The molecule has 0 saturated carbocycles. The van der Waals surface area contributed by atoms with Crippen LogP contribution in [0, 0.1) is 0 Å². The molecule has 1 aromatic heterocycles. The minimum Gasteiger partial charge on any atom is -0.495 e. The molecule has 3 N–H and O–H groups in total. The van der Waals surface area contributed by atoms with E-state index in [9.17, 15) is 0 Å². The highest BCUT2D eigenvalue weighted by Crippen LogP contribution is 2.27. The van der Waals surface area contributed by atoms with Crippen LogP contribution in [0.3, 0.4) is 0 Å². The number of methoxy groups -OCH3 is 1. The predicted molar refractivity (Wildman–Crippen MR) is 124 cm³/mol. The van der Waals surface area contributed by atoms with Crippen LogP contribution in [0.2, 0.25) is 5.02 Å². The van der Waals surface area contributed by atoms with E-state index < -0.39 is 0 Å². The number of nitrogens with zero attached hydrogens (tertiary/aromatic N) is 3. The fraction of sp³-hybridized carbons (Fsp3) is 0.368. The molecule has 2 aromatic rings. The van der Waals surface area contributed by atoms with Gasteiger partial charge in [0.05, 0.1) is 31.4 Å².